The molecule has 0 aromatic heterocycles. The lowest BCUT2D eigenvalue weighted by Crippen LogP contribution is -2.33. The monoisotopic (exact) mass is 268 g/mol. The van der Waals surface area contributed by atoms with E-state index < -0.39 is 25.9 Å². The zero-order valence-corrected chi connectivity index (χ0v) is 9.52. The average molecular weight is 268 g/mol. The molecule has 11 heteroatoms. The molecule has 0 unspecified atom stereocenters. The summed E-state index contributed by atoms with van der Waals surface area (Å²) in [5.74, 6) is 0. The number of thioether (sulfide) groups is 1. The number of rotatable bonds is 5. The lowest BCUT2D eigenvalue weighted by molar-refractivity contribution is -0.0173. The van der Waals surface area contributed by atoms with Gasteiger partial charge in [0.2, 0.25) is 0 Å². The van der Waals surface area contributed by atoms with Crippen LogP contribution in [-0.4, -0.2) is 37.3 Å². The van der Waals surface area contributed by atoms with E-state index in [9.17, 15) is 16.8 Å². The van der Waals surface area contributed by atoms with Crippen LogP contribution in [-0.2, 0) is 29.2 Å². The van der Waals surface area contributed by atoms with Gasteiger partial charge in [0, 0.05) is 6.92 Å². The summed E-state index contributed by atoms with van der Waals surface area (Å²) in [5.41, 5.74) is 0. The van der Waals surface area contributed by atoms with Crippen molar-refractivity contribution in [2.24, 2.45) is 0 Å². The summed E-state index contributed by atoms with van der Waals surface area (Å²) >= 11 is 0.503. The van der Waals surface area contributed by atoms with Crippen LogP contribution in [0.25, 0.3) is 0 Å². The molecule has 0 amide bonds. The van der Waals surface area contributed by atoms with Crippen molar-refractivity contribution >= 4 is 32.6 Å². The predicted molar refractivity (Wildman–Crippen MR) is 47.2 cm³/mol. The highest BCUT2D eigenvalue weighted by atomic mass is 32.3. The van der Waals surface area contributed by atoms with Gasteiger partial charge in [-0.05, 0) is 6.26 Å². The fourth-order valence-corrected chi connectivity index (χ4v) is 2.40. The van der Waals surface area contributed by atoms with Crippen LogP contribution >= 0.6 is 11.8 Å². The Morgan fingerprint density at radius 1 is 1.07 bits per heavy atom. The van der Waals surface area contributed by atoms with Gasteiger partial charge in [-0.2, -0.15) is 16.8 Å². The molecule has 86 valence electrons. The maximum Gasteiger partial charge on any atom is 0.400 e. The molecule has 0 bridgehead atoms. The Balaban J connectivity index is 4.84. The van der Waals surface area contributed by atoms with Gasteiger partial charge in [-0.1, -0.05) is 11.8 Å². The van der Waals surface area contributed by atoms with E-state index in [2.05, 4.69) is 8.37 Å². The Labute approximate surface area is 85.5 Å². The molecule has 0 aromatic rings. The highest BCUT2D eigenvalue weighted by molar-refractivity contribution is 8.00. The van der Waals surface area contributed by atoms with Crippen molar-refractivity contribution < 1.29 is 34.3 Å². The van der Waals surface area contributed by atoms with Gasteiger partial charge in [0.1, 0.15) is 0 Å². The molecule has 0 radical (unpaired) electrons. The fourth-order valence-electron chi connectivity index (χ4n) is 0.465. The summed E-state index contributed by atoms with van der Waals surface area (Å²) in [6.07, 6.45) is 1.25. The van der Waals surface area contributed by atoms with Crippen molar-refractivity contribution in [3.8, 4) is 0 Å². The van der Waals surface area contributed by atoms with Gasteiger partial charge >= 0.3 is 20.8 Å². The van der Waals surface area contributed by atoms with E-state index in [-0.39, 0.29) is 0 Å². The van der Waals surface area contributed by atoms with Crippen LogP contribution in [0.3, 0.4) is 0 Å². The Kier molecular flexibility index (Phi) is 4.33. The maximum absolute atomic E-state index is 10.3. The molecular formula is C3H8O8S3. The molecule has 0 aromatic carbocycles. The summed E-state index contributed by atoms with van der Waals surface area (Å²) in [7, 11) is -9.78. The second kappa shape index (κ2) is 4.30. The minimum Gasteiger partial charge on any atom is -0.263 e. The second-order valence-electron chi connectivity index (χ2n) is 2.09. The van der Waals surface area contributed by atoms with E-state index in [4.69, 9.17) is 9.11 Å². The molecule has 0 aliphatic carbocycles. The highest BCUT2D eigenvalue weighted by Crippen LogP contribution is 2.28. The van der Waals surface area contributed by atoms with E-state index >= 15 is 0 Å². The zero-order valence-electron chi connectivity index (χ0n) is 7.07. The Bertz CT molecular complexity index is 344. The van der Waals surface area contributed by atoms with Crippen LogP contribution in [0.5, 0.6) is 0 Å². The van der Waals surface area contributed by atoms with E-state index in [0.29, 0.717) is 11.8 Å². The highest BCUT2D eigenvalue weighted by Gasteiger charge is 2.36. The summed E-state index contributed by atoms with van der Waals surface area (Å²) in [5, 5.41) is -2.25. The molecule has 0 aliphatic heterocycles. The molecule has 8 nitrogen and oxygen atoms in total. The normalized spacial score (nSPS) is 14.3. The molecule has 2 N–H and O–H groups in total. The van der Waals surface area contributed by atoms with E-state index in [1.807, 2.05) is 0 Å². The average Bonchev–Trinajstić information content (AvgIpc) is 1.78. The number of hydrogen-bond donors (Lipinski definition) is 2. The van der Waals surface area contributed by atoms with Crippen molar-refractivity contribution in [1.82, 2.24) is 0 Å². The summed E-state index contributed by atoms with van der Waals surface area (Å²) < 4.78 is 65.3. The molecule has 14 heavy (non-hydrogen) atoms. The van der Waals surface area contributed by atoms with Crippen LogP contribution in [0.1, 0.15) is 6.92 Å². The molecule has 0 rings (SSSR count). The molecular weight excluding hydrogens is 260 g/mol. The summed E-state index contributed by atoms with van der Waals surface area (Å²) in [6.45, 7) is 0.888. The van der Waals surface area contributed by atoms with Gasteiger partial charge in [-0.25, -0.2) is 8.37 Å². The molecule has 0 saturated heterocycles. The standard InChI is InChI=1S/C3H8O8S3/c1-3(12-2,10-13(4,5)6)11-14(7,8)9/h1-2H3,(H,4,5,6)(H,7,8,9). The number of hydrogen-bond acceptors (Lipinski definition) is 7. The fraction of sp³-hybridized carbons (Fsp3) is 1.00. The van der Waals surface area contributed by atoms with Gasteiger partial charge in [-0.3, -0.25) is 9.11 Å². The molecule has 0 aliphatic rings. The van der Waals surface area contributed by atoms with Crippen LogP contribution in [0, 0.1) is 0 Å². The molecule has 0 heterocycles. The Morgan fingerprint density at radius 2 is 1.36 bits per heavy atom. The van der Waals surface area contributed by atoms with Gasteiger partial charge in [0.25, 0.3) is 5.12 Å². The van der Waals surface area contributed by atoms with Crippen molar-refractivity contribution in [3.63, 3.8) is 0 Å². The predicted octanol–water partition coefficient (Wildman–Crippen LogP) is -0.338. The van der Waals surface area contributed by atoms with Crippen molar-refractivity contribution in [3.05, 3.63) is 0 Å². The first kappa shape index (κ1) is 14.1. The van der Waals surface area contributed by atoms with E-state index in [1.54, 1.807) is 0 Å². The SMILES string of the molecule is CSC(C)(OS(=O)(=O)O)OS(=O)(=O)O. The van der Waals surface area contributed by atoms with Crippen molar-refractivity contribution in [2.45, 2.75) is 12.0 Å². The van der Waals surface area contributed by atoms with Crippen molar-refractivity contribution in [1.29, 1.82) is 0 Å². The smallest absolute Gasteiger partial charge is 0.263 e. The lowest BCUT2D eigenvalue weighted by atomic mass is 10.8. The first-order chi connectivity index (χ1) is 5.97. The Hall–Kier alpha value is 0.0900. The second-order valence-corrected chi connectivity index (χ2v) is 5.28. The quantitative estimate of drug-likeness (QED) is 0.508. The van der Waals surface area contributed by atoms with Gasteiger partial charge in [0.15, 0.2) is 0 Å². The minimum absolute atomic E-state index is 0.503. The van der Waals surface area contributed by atoms with Crippen LogP contribution in [0.2, 0.25) is 0 Å². The molecule has 0 atom stereocenters. The third-order valence-corrected chi connectivity index (χ3v) is 3.06. The topological polar surface area (TPSA) is 127 Å². The van der Waals surface area contributed by atoms with Crippen LogP contribution in [0.15, 0.2) is 0 Å². The van der Waals surface area contributed by atoms with Crippen LogP contribution in [0.4, 0.5) is 0 Å². The summed E-state index contributed by atoms with van der Waals surface area (Å²) in [6, 6.07) is 0. The summed E-state index contributed by atoms with van der Waals surface area (Å²) in [4.78, 5) is 0. The van der Waals surface area contributed by atoms with E-state index in [0.717, 1.165) is 6.92 Å². The zero-order chi connectivity index (χ0) is 11.6. The third-order valence-electron chi connectivity index (χ3n) is 0.884. The molecule has 0 saturated carbocycles. The Morgan fingerprint density at radius 3 is 1.50 bits per heavy atom. The molecule has 0 fully saturated rings. The molecule has 0 spiro atoms. The van der Waals surface area contributed by atoms with Gasteiger partial charge < -0.3 is 0 Å². The first-order valence-electron chi connectivity index (χ1n) is 2.89. The third kappa shape index (κ3) is 6.53. The van der Waals surface area contributed by atoms with Crippen LogP contribution < -0.4 is 0 Å². The maximum atomic E-state index is 10.3. The largest absolute Gasteiger partial charge is 0.400 e. The van der Waals surface area contributed by atoms with Gasteiger partial charge in [0.05, 0.1) is 0 Å². The first-order valence-corrected chi connectivity index (χ1v) is 6.84. The lowest BCUT2D eigenvalue weighted by Gasteiger charge is -2.22. The van der Waals surface area contributed by atoms with Gasteiger partial charge in [-0.15, -0.1) is 0 Å². The van der Waals surface area contributed by atoms with Crippen molar-refractivity contribution in [2.75, 3.05) is 6.26 Å². The minimum atomic E-state index is -4.89. The van der Waals surface area contributed by atoms with E-state index in [1.165, 1.54) is 6.26 Å².